The highest BCUT2D eigenvalue weighted by Gasteiger charge is 2.20. The van der Waals surface area contributed by atoms with Crippen molar-refractivity contribution < 1.29 is 9.53 Å². The number of para-hydroxylation sites is 1. The van der Waals surface area contributed by atoms with E-state index in [2.05, 4.69) is 64.6 Å². The number of nitrogens with zero attached hydrogens (tertiary/aromatic N) is 2. The molecule has 0 saturated carbocycles. The molecule has 1 heterocycles. The summed E-state index contributed by atoms with van der Waals surface area (Å²) in [5, 5.41) is 7.26. The van der Waals surface area contributed by atoms with Crippen molar-refractivity contribution in [2.24, 2.45) is 0 Å². The summed E-state index contributed by atoms with van der Waals surface area (Å²) in [6.45, 7) is 8.48. The molecule has 0 spiro atoms. The lowest BCUT2D eigenvalue weighted by Gasteiger charge is -2.25. The summed E-state index contributed by atoms with van der Waals surface area (Å²) in [4.78, 5) is 17.3. The number of hydrogen-bond acceptors (Lipinski definition) is 4. The lowest BCUT2D eigenvalue weighted by molar-refractivity contribution is -0.117. The Labute approximate surface area is 232 Å². The van der Waals surface area contributed by atoms with Crippen LogP contribution in [0.15, 0.2) is 72.8 Å². The molecule has 6 nitrogen and oxygen atoms in total. The monoisotopic (exact) mass is 530 g/mol. The van der Waals surface area contributed by atoms with E-state index in [0.29, 0.717) is 18.3 Å². The van der Waals surface area contributed by atoms with E-state index in [-0.39, 0.29) is 5.91 Å². The second-order valence-electron chi connectivity index (χ2n) is 9.55. The number of ether oxygens (including phenoxy) is 1. The molecule has 0 radical (unpaired) electrons. The van der Waals surface area contributed by atoms with E-state index in [1.807, 2.05) is 42.5 Å². The van der Waals surface area contributed by atoms with Gasteiger partial charge in [-0.25, -0.2) is 0 Å². The molecular weight excluding hydrogens is 492 g/mol. The summed E-state index contributed by atoms with van der Waals surface area (Å²) in [6.07, 6.45) is 2.75. The average Bonchev–Trinajstić information content (AvgIpc) is 3.19. The number of hydrogen-bond donors (Lipinski definition) is 2. The molecule has 0 atom stereocenters. The first kappa shape index (κ1) is 27.6. The van der Waals surface area contributed by atoms with E-state index in [0.717, 1.165) is 68.1 Å². The van der Waals surface area contributed by atoms with Gasteiger partial charge < -0.3 is 20.3 Å². The summed E-state index contributed by atoms with van der Waals surface area (Å²) in [5.41, 5.74) is 5.43. The molecule has 1 aliphatic heterocycles. The fraction of sp³-hybridized carbons (Fsp3) is 0.355. The molecule has 1 amide bonds. The van der Waals surface area contributed by atoms with Gasteiger partial charge in [0.15, 0.2) is 5.11 Å². The van der Waals surface area contributed by atoms with Gasteiger partial charge in [0.2, 0.25) is 5.91 Å². The molecule has 1 fully saturated rings. The van der Waals surface area contributed by atoms with E-state index in [1.165, 1.54) is 11.1 Å². The third-order valence-electron chi connectivity index (χ3n) is 6.86. The van der Waals surface area contributed by atoms with Gasteiger partial charge in [-0.05, 0) is 72.4 Å². The maximum atomic E-state index is 12.9. The van der Waals surface area contributed by atoms with Crippen LogP contribution in [0.25, 0.3) is 0 Å². The number of carbonyl (C=O) groups excluding carboxylic acids is 1. The highest BCUT2D eigenvalue weighted by atomic mass is 32.1. The zero-order valence-electron chi connectivity index (χ0n) is 22.4. The number of rotatable bonds is 9. The Balaban J connectivity index is 1.24. The molecule has 200 valence electrons. The van der Waals surface area contributed by atoms with Crippen LogP contribution in [0.2, 0.25) is 0 Å². The van der Waals surface area contributed by atoms with Gasteiger partial charge in [-0.2, -0.15) is 0 Å². The average molecular weight is 531 g/mol. The predicted molar refractivity (Wildman–Crippen MR) is 160 cm³/mol. The van der Waals surface area contributed by atoms with Crippen molar-refractivity contribution in [2.75, 3.05) is 43.4 Å². The van der Waals surface area contributed by atoms with Gasteiger partial charge in [-0.15, -0.1) is 0 Å². The molecule has 7 heteroatoms. The van der Waals surface area contributed by atoms with Gasteiger partial charge in [-0.1, -0.05) is 62.4 Å². The Morgan fingerprint density at radius 2 is 1.55 bits per heavy atom. The molecule has 0 bridgehead atoms. The maximum absolute atomic E-state index is 12.9. The Morgan fingerprint density at radius 3 is 2.24 bits per heavy atom. The van der Waals surface area contributed by atoms with E-state index >= 15 is 0 Å². The minimum atomic E-state index is 0.0457. The van der Waals surface area contributed by atoms with Gasteiger partial charge >= 0.3 is 0 Å². The van der Waals surface area contributed by atoms with Gasteiger partial charge in [-0.3, -0.25) is 9.69 Å². The Kier molecular flexibility index (Phi) is 10.1. The standard InChI is InChI=1S/C31H38N4O2S/c1-3-25-12-8-13-26(4-2)30(25)33-29(36)22-34-18-9-19-35(21-20-34)31(38)32-27-14-16-28(17-15-27)37-23-24-10-6-5-7-11-24/h5-8,10-17H,3-4,9,18-23H2,1-2H3,(H,32,38)(H,33,36). The zero-order valence-corrected chi connectivity index (χ0v) is 23.2. The van der Waals surface area contributed by atoms with Gasteiger partial charge in [0.25, 0.3) is 0 Å². The van der Waals surface area contributed by atoms with Crippen molar-refractivity contribution in [1.29, 1.82) is 0 Å². The van der Waals surface area contributed by atoms with Crippen LogP contribution < -0.4 is 15.4 Å². The van der Waals surface area contributed by atoms with Crippen molar-refractivity contribution in [1.82, 2.24) is 9.80 Å². The van der Waals surface area contributed by atoms with Crippen molar-refractivity contribution in [2.45, 2.75) is 39.7 Å². The largest absolute Gasteiger partial charge is 0.489 e. The molecule has 0 aromatic heterocycles. The molecule has 1 saturated heterocycles. The number of carbonyl (C=O) groups is 1. The van der Waals surface area contributed by atoms with Crippen LogP contribution in [0.3, 0.4) is 0 Å². The summed E-state index contributed by atoms with van der Waals surface area (Å²) >= 11 is 5.72. The Hall–Kier alpha value is -3.42. The van der Waals surface area contributed by atoms with Crippen molar-refractivity contribution in [3.63, 3.8) is 0 Å². The third-order valence-corrected chi connectivity index (χ3v) is 7.22. The van der Waals surface area contributed by atoms with Crippen molar-refractivity contribution in [3.05, 3.63) is 89.5 Å². The highest BCUT2D eigenvalue weighted by molar-refractivity contribution is 7.80. The van der Waals surface area contributed by atoms with Crippen LogP contribution in [-0.4, -0.2) is 53.5 Å². The number of aryl methyl sites for hydroxylation is 2. The van der Waals surface area contributed by atoms with Crippen LogP contribution in [0.5, 0.6) is 5.75 Å². The molecule has 38 heavy (non-hydrogen) atoms. The molecule has 1 aliphatic rings. The normalized spacial score (nSPS) is 14.0. The minimum Gasteiger partial charge on any atom is -0.489 e. The quantitative estimate of drug-likeness (QED) is 0.345. The molecular formula is C31H38N4O2S. The number of thiocarbonyl (C=S) groups is 1. The zero-order chi connectivity index (χ0) is 26.7. The van der Waals surface area contributed by atoms with Crippen molar-refractivity contribution >= 4 is 34.6 Å². The SMILES string of the molecule is CCc1cccc(CC)c1NC(=O)CN1CCCN(C(=S)Nc2ccc(OCc3ccccc3)cc2)CC1. The number of benzene rings is 3. The fourth-order valence-corrected chi connectivity index (χ4v) is 5.00. The summed E-state index contributed by atoms with van der Waals surface area (Å²) < 4.78 is 5.88. The van der Waals surface area contributed by atoms with Crippen LogP contribution in [0.1, 0.15) is 37.0 Å². The fourth-order valence-electron chi connectivity index (χ4n) is 4.70. The number of amides is 1. The Morgan fingerprint density at radius 1 is 0.842 bits per heavy atom. The van der Waals surface area contributed by atoms with E-state index in [1.54, 1.807) is 0 Å². The summed E-state index contributed by atoms with van der Waals surface area (Å²) in [6, 6.07) is 24.3. The van der Waals surface area contributed by atoms with Crippen LogP contribution >= 0.6 is 12.2 Å². The lowest BCUT2D eigenvalue weighted by Crippen LogP contribution is -2.39. The van der Waals surface area contributed by atoms with E-state index in [9.17, 15) is 4.79 Å². The number of nitrogens with one attached hydrogen (secondary N) is 2. The Bertz CT molecular complexity index is 1180. The second kappa shape index (κ2) is 13.9. The third kappa shape index (κ3) is 7.79. The molecule has 3 aromatic carbocycles. The summed E-state index contributed by atoms with van der Waals surface area (Å²) in [7, 11) is 0. The van der Waals surface area contributed by atoms with Gasteiger partial charge in [0.1, 0.15) is 12.4 Å². The molecule has 3 aromatic rings. The minimum absolute atomic E-state index is 0.0457. The molecule has 0 aliphatic carbocycles. The topological polar surface area (TPSA) is 56.8 Å². The van der Waals surface area contributed by atoms with E-state index < -0.39 is 0 Å². The smallest absolute Gasteiger partial charge is 0.238 e. The first-order chi connectivity index (χ1) is 18.6. The maximum Gasteiger partial charge on any atom is 0.238 e. The molecule has 2 N–H and O–H groups in total. The van der Waals surface area contributed by atoms with Gasteiger partial charge in [0.05, 0.1) is 6.54 Å². The van der Waals surface area contributed by atoms with Crippen LogP contribution in [-0.2, 0) is 24.2 Å². The van der Waals surface area contributed by atoms with Gasteiger partial charge in [0, 0.05) is 37.6 Å². The van der Waals surface area contributed by atoms with Crippen molar-refractivity contribution in [3.8, 4) is 5.75 Å². The van der Waals surface area contributed by atoms with Crippen LogP contribution in [0, 0.1) is 0 Å². The lowest BCUT2D eigenvalue weighted by atomic mass is 10.0. The predicted octanol–water partition coefficient (Wildman–Crippen LogP) is 5.73. The van der Waals surface area contributed by atoms with Crippen LogP contribution in [0.4, 0.5) is 11.4 Å². The molecule has 4 rings (SSSR count). The highest BCUT2D eigenvalue weighted by Crippen LogP contribution is 2.23. The molecule has 0 unspecified atom stereocenters. The first-order valence-electron chi connectivity index (χ1n) is 13.5. The number of anilines is 2. The summed E-state index contributed by atoms with van der Waals surface area (Å²) in [5.74, 6) is 0.867. The second-order valence-corrected chi connectivity index (χ2v) is 9.94. The first-order valence-corrected chi connectivity index (χ1v) is 13.9. The van der Waals surface area contributed by atoms with E-state index in [4.69, 9.17) is 17.0 Å².